The summed E-state index contributed by atoms with van der Waals surface area (Å²) in [6.45, 7) is 4.41. The summed E-state index contributed by atoms with van der Waals surface area (Å²) in [5, 5.41) is 17.5. The summed E-state index contributed by atoms with van der Waals surface area (Å²) in [6.07, 6.45) is 1.24. The normalized spacial score (nSPS) is 10.4. The molecule has 0 saturated heterocycles. The number of rotatable bonds is 6. The van der Waals surface area contributed by atoms with E-state index >= 15 is 0 Å². The Balaban J connectivity index is 2.93. The maximum absolute atomic E-state index is 12.1. The molecule has 0 radical (unpaired) electrons. The number of aliphatic carboxylic acids is 1. The minimum absolute atomic E-state index is 0.101. The van der Waals surface area contributed by atoms with Gasteiger partial charge in [0.1, 0.15) is 11.6 Å². The molecule has 0 aliphatic heterocycles. The lowest BCUT2D eigenvalue weighted by atomic mass is 10.1. The Bertz CT molecular complexity index is 553. The molecule has 5 nitrogen and oxygen atoms in total. The minimum atomic E-state index is -0.831. The minimum Gasteiger partial charge on any atom is -0.481 e. The first-order valence-electron chi connectivity index (χ1n) is 6.33. The van der Waals surface area contributed by atoms with Crippen molar-refractivity contribution in [2.45, 2.75) is 45.6 Å². The Morgan fingerprint density at radius 2 is 2.11 bits per heavy atom. The first-order chi connectivity index (χ1) is 8.97. The number of carbonyl (C=O) groups is 1. The van der Waals surface area contributed by atoms with E-state index < -0.39 is 5.97 Å². The van der Waals surface area contributed by atoms with Crippen molar-refractivity contribution in [1.29, 1.82) is 5.26 Å². The van der Waals surface area contributed by atoms with Crippen molar-refractivity contribution < 1.29 is 9.90 Å². The predicted octanol–water partition coefficient (Wildman–Crippen LogP) is 2.10. The Morgan fingerprint density at radius 3 is 2.63 bits per heavy atom. The molecule has 0 aliphatic rings. The molecule has 0 aliphatic carbocycles. The number of carboxylic acid groups (broad SMARTS) is 1. The van der Waals surface area contributed by atoms with Gasteiger partial charge in [0.25, 0.3) is 5.56 Å². The van der Waals surface area contributed by atoms with Crippen LogP contribution in [0.25, 0.3) is 0 Å². The van der Waals surface area contributed by atoms with Crippen LogP contribution in [0.15, 0.2) is 16.9 Å². The van der Waals surface area contributed by atoms with Crippen molar-refractivity contribution >= 4 is 5.97 Å². The van der Waals surface area contributed by atoms with Gasteiger partial charge >= 0.3 is 5.97 Å². The van der Waals surface area contributed by atoms with E-state index in [9.17, 15) is 9.59 Å². The number of carboxylic acids is 1. The number of hydrogen-bond donors (Lipinski definition) is 1. The van der Waals surface area contributed by atoms with E-state index in [4.69, 9.17) is 10.4 Å². The highest BCUT2D eigenvalue weighted by molar-refractivity contribution is 5.66. The summed E-state index contributed by atoms with van der Waals surface area (Å²) in [4.78, 5) is 22.5. The smallest absolute Gasteiger partial charge is 0.303 e. The van der Waals surface area contributed by atoms with Gasteiger partial charge in [-0.05, 0) is 30.9 Å². The van der Waals surface area contributed by atoms with Gasteiger partial charge in [0.05, 0.1) is 0 Å². The third-order valence-corrected chi connectivity index (χ3v) is 2.94. The lowest BCUT2D eigenvalue weighted by molar-refractivity contribution is -0.137. The molecular formula is C14H18N2O3. The average Bonchev–Trinajstić information content (AvgIpc) is 2.35. The van der Waals surface area contributed by atoms with E-state index in [0.29, 0.717) is 19.4 Å². The van der Waals surface area contributed by atoms with E-state index in [2.05, 4.69) is 0 Å². The van der Waals surface area contributed by atoms with Crippen LogP contribution in [-0.2, 0) is 11.3 Å². The third-order valence-electron chi connectivity index (χ3n) is 2.94. The topological polar surface area (TPSA) is 83.1 Å². The largest absolute Gasteiger partial charge is 0.481 e. The third kappa shape index (κ3) is 3.95. The molecule has 0 unspecified atom stereocenters. The molecule has 19 heavy (non-hydrogen) atoms. The molecule has 1 rings (SSSR count). The van der Waals surface area contributed by atoms with Crippen LogP contribution in [-0.4, -0.2) is 15.6 Å². The molecule has 0 aromatic carbocycles. The zero-order valence-corrected chi connectivity index (χ0v) is 11.2. The second-order valence-electron chi connectivity index (χ2n) is 4.75. The van der Waals surface area contributed by atoms with Crippen molar-refractivity contribution in [1.82, 2.24) is 4.57 Å². The quantitative estimate of drug-likeness (QED) is 0.796. The number of nitriles is 1. The standard InChI is InChI=1S/C14H18N2O3/c1-10(2)12-7-6-11(9-15)14(19)16(12)8-4-3-5-13(17)18/h6-7,10H,3-5,8H2,1-2H3,(H,17,18). The maximum atomic E-state index is 12.1. The first kappa shape index (κ1) is 15.0. The molecule has 5 heteroatoms. The van der Waals surface area contributed by atoms with Gasteiger partial charge in [-0.2, -0.15) is 5.26 Å². The van der Waals surface area contributed by atoms with Crippen molar-refractivity contribution in [3.63, 3.8) is 0 Å². The van der Waals surface area contributed by atoms with Crippen molar-refractivity contribution in [3.05, 3.63) is 33.7 Å². The second-order valence-corrected chi connectivity index (χ2v) is 4.75. The van der Waals surface area contributed by atoms with Crippen LogP contribution in [0.1, 0.15) is 50.3 Å². The number of hydrogen-bond acceptors (Lipinski definition) is 3. The Labute approximate surface area is 112 Å². The lowest BCUT2D eigenvalue weighted by Gasteiger charge is -2.15. The van der Waals surface area contributed by atoms with Crippen molar-refractivity contribution in [2.75, 3.05) is 0 Å². The Kier molecular flexibility index (Phi) is 5.31. The number of unbranched alkanes of at least 4 members (excludes halogenated alkanes) is 1. The van der Waals surface area contributed by atoms with E-state index in [1.807, 2.05) is 19.9 Å². The second kappa shape index (κ2) is 6.74. The van der Waals surface area contributed by atoms with E-state index in [1.165, 1.54) is 0 Å². The van der Waals surface area contributed by atoms with Gasteiger partial charge in [0.15, 0.2) is 0 Å². The van der Waals surface area contributed by atoms with Crippen LogP contribution in [0.2, 0.25) is 0 Å². The fraction of sp³-hybridized carbons (Fsp3) is 0.500. The van der Waals surface area contributed by atoms with Crippen LogP contribution in [0.4, 0.5) is 0 Å². The fourth-order valence-corrected chi connectivity index (χ4v) is 1.96. The summed E-state index contributed by atoms with van der Waals surface area (Å²) in [5.41, 5.74) is 0.714. The molecule has 0 spiro atoms. The molecule has 1 heterocycles. The summed E-state index contributed by atoms with van der Waals surface area (Å²) >= 11 is 0. The van der Waals surface area contributed by atoms with E-state index in [0.717, 1.165) is 5.69 Å². The van der Waals surface area contributed by atoms with Gasteiger partial charge in [-0.1, -0.05) is 13.8 Å². The summed E-state index contributed by atoms with van der Waals surface area (Å²) < 4.78 is 1.59. The number of pyridine rings is 1. The number of nitrogens with zero attached hydrogens (tertiary/aromatic N) is 2. The molecule has 0 amide bonds. The maximum Gasteiger partial charge on any atom is 0.303 e. The van der Waals surface area contributed by atoms with Crippen LogP contribution in [0.5, 0.6) is 0 Å². The SMILES string of the molecule is CC(C)c1ccc(C#N)c(=O)n1CCCCC(=O)O. The van der Waals surface area contributed by atoms with Gasteiger partial charge < -0.3 is 9.67 Å². The Morgan fingerprint density at radius 1 is 1.42 bits per heavy atom. The van der Waals surface area contributed by atoms with Gasteiger partial charge in [-0.3, -0.25) is 9.59 Å². The predicted molar refractivity (Wildman–Crippen MR) is 71.0 cm³/mol. The molecular weight excluding hydrogens is 244 g/mol. The summed E-state index contributed by atoms with van der Waals surface area (Å²) in [6, 6.07) is 5.22. The molecule has 0 bridgehead atoms. The molecule has 1 aromatic heterocycles. The van der Waals surface area contributed by atoms with Crippen LogP contribution >= 0.6 is 0 Å². The number of aromatic nitrogens is 1. The molecule has 0 saturated carbocycles. The summed E-state index contributed by atoms with van der Waals surface area (Å²) in [7, 11) is 0. The van der Waals surface area contributed by atoms with Crippen LogP contribution in [0, 0.1) is 11.3 Å². The highest BCUT2D eigenvalue weighted by atomic mass is 16.4. The van der Waals surface area contributed by atoms with Crippen LogP contribution < -0.4 is 5.56 Å². The first-order valence-corrected chi connectivity index (χ1v) is 6.33. The van der Waals surface area contributed by atoms with Crippen LogP contribution in [0.3, 0.4) is 0 Å². The molecule has 102 valence electrons. The van der Waals surface area contributed by atoms with Gasteiger partial charge in [0.2, 0.25) is 0 Å². The van der Waals surface area contributed by atoms with Gasteiger partial charge in [-0.15, -0.1) is 0 Å². The average molecular weight is 262 g/mol. The van der Waals surface area contributed by atoms with Gasteiger partial charge in [0, 0.05) is 18.7 Å². The summed E-state index contributed by atoms with van der Waals surface area (Å²) in [5.74, 6) is -0.651. The fourth-order valence-electron chi connectivity index (χ4n) is 1.96. The molecule has 1 aromatic rings. The van der Waals surface area contributed by atoms with Crippen molar-refractivity contribution in [2.24, 2.45) is 0 Å². The molecule has 0 atom stereocenters. The zero-order valence-electron chi connectivity index (χ0n) is 11.2. The van der Waals surface area contributed by atoms with E-state index in [-0.39, 0.29) is 23.5 Å². The molecule has 1 N–H and O–H groups in total. The molecule has 0 fully saturated rings. The van der Waals surface area contributed by atoms with E-state index in [1.54, 1.807) is 16.7 Å². The van der Waals surface area contributed by atoms with Gasteiger partial charge in [-0.25, -0.2) is 0 Å². The Hall–Kier alpha value is -2.09. The zero-order chi connectivity index (χ0) is 14.4. The highest BCUT2D eigenvalue weighted by Crippen LogP contribution is 2.14. The lowest BCUT2D eigenvalue weighted by Crippen LogP contribution is -2.26. The monoisotopic (exact) mass is 262 g/mol. The van der Waals surface area contributed by atoms with Crippen molar-refractivity contribution in [3.8, 4) is 6.07 Å². The highest BCUT2D eigenvalue weighted by Gasteiger charge is 2.11.